The number of aryl methyl sites for hydroxylation is 1. The maximum Gasteiger partial charge on any atom is 0.0452 e. The fraction of sp³-hybridized carbons (Fsp3) is 0.167. The summed E-state index contributed by atoms with van der Waals surface area (Å²) < 4.78 is 2.12. The first-order valence-electron chi connectivity index (χ1n) is 4.62. The summed E-state index contributed by atoms with van der Waals surface area (Å²) in [5.41, 5.74) is 2.62. The lowest BCUT2D eigenvalue weighted by Gasteiger charge is -2.04. The molecule has 0 atom stereocenters. The van der Waals surface area contributed by atoms with Gasteiger partial charge in [-0.15, -0.1) is 0 Å². The van der Waals surface area contributed by atoms with E-state index in [-0.39, 0.29) is 0 Å². The van der Waals surface area contributed by atoms with Crippen LogP contribution >= 0.6 is 0 Å². The molecule has 0 aliphatic carbocycles. The fourth-order valence-corrected chi connectivity index (χ4v) is 1.44. The molecule has 0 aliphatic rings. The van der Waals surface area contributed by atoms with Crippen molar-refractivity contribution >= 4 is 0 Å². The molecule has 0 bridgehead atoms. The van der Waals surface area contributed by atoms with Gasteiger partial charge in [0.05, 0.1) is 0 Å². The summed E-state index contributed by atoms with van der Waals surface area (Å²) in [5, 5.41) is 0. The van der Waals surface area contributed by atoms with Gasteiger partial charge in [0.1, 0.15) is 0 Å². The van der Waals surface area contributed by atoms with E-state index < -0.39 is 0 Å². The lowest BCUT2D eigenvalue weighted by Crippen LogP contribution is -1.90. The van der Waals surface area contributed by atoms with Crippen molar-refractivity contribution in [1.82, 2.24) is 4.57 Å². The molecule has 0 spiro atoms. The normalized spacial score (nSPS) is 10.2. The minimum absolute atomic E-state index is 1.09. The first-order chi connectivity index (χ1) is 6.40. The van der Waals surface area contributed by atoms with E-state index in [1.807, 2.05) is 12.1 Å². The average Bonchev–Trinajstić information content (AvgIpc) is 2.71. The second-order valence-electron chi connectivity index (χ2n) is 3.11. The van der Waals surface area contributed by atoms with Crippen LogP contribution in [-0.2, 0) is 6.42 Å². The van der Waals surface area contributed by atoms with Gasteiger partial charge in [0, 0.05) is 18.1 Å². The third kappa shape index (κ3) is 1.64. The summed E-state index contributed by atoms with van der Waals surface area (Å²) in [5.74, 6) is 0. The van der Waals surface area contributed by atoms with Gasteiger partial charge in [-0.05, 0) is 36.2 Å². The lowest BCUT2D eigenvalue weighted by molar-refractivity contribution is 1.06. The lowest BCUT2D eigenvalue weighted by atomic mass is 10.1. The summed E-state index contributed by atoms with van der Waals surface area (Å²) in [6.07, 6.45) is 5.22. The first kappa shape index (κ1) is 8.11. The Labute approximate surface area is 78.6 Å². The Morgan fingerprint density at radius 3 is 2.54 bits per heavy atom. The molecule has 0 amide bonds. The molecule has 0 N–H and O–H groups in total. The van der Waals surface area contributed by atoms with Crippen LogP contribution in [-0.4, -0.2) is 4.57 Å². The van der Waals surface area contributed by atoms with Crippen LogP contribution in [0.5, 0.6) is 0 Å². The number of hydrogen-bond donors (Lipinski definition) is 0. The van der Waals surface area contributed by atoms with E-state index in [1.165, 1.54) is 11.3 Å². The van der Waals surface area contributed by atoms with Crippen LogP contribution in [0, 0.1) is 0 Å². The predicted molar refractivity (Wildman–Crippen MR) is 55.1 cm³/mol. The molecule has 1 aromatic carbocycles. The van der Waals surface area contributed by atoms with Gasteiger partial charge in [0.15, 0.2) is 0 Å². The summed E-state index contributed by atoms with van der Waals surface area (Å²) in [7, 11) is 0. The highest BCUT2D eigenvalue weighted by molar-refractivity contribution is 5.36. The van der Waals surface area contributed by atoms with Crippen molar-refractivity contribution < 1.29 is 0 Å². The molecule has 0 fully saturated rings. The molecule has 2 rings (SSSR count). The number of benzene rings is 1. The molecule has 13 heavy (non-hydrogen) atoms. The van der Waals surface area contributed by atoms with Crippen LogP contribution in [0.1, 0.15) is 12.5 Å². The van der Waals surface area contributed by atoms with E-state index in [9.17, 15) is 0 Å². The highest BCUT2D eigenvalue weighted by atomic mass is 14.9. The quantitative estimate of drug-likeness (QED) is 0.654. The Morgan fingerprint density at radius 2 is 1.85 bits per heavy atom. The first-order valence-corrected chi connectivity index (χ1v) is 4.62. The zero-order valence-corrected chi connectivity index (χ0v) is 7.77. The van der Waals surface area contributed by atoms with Crippen molar-refractivity contribution in [2.75, 3.05) is 0 Å². The monoisotopic (exact) mass is 171 g/mol. The Bertz CT molecular complexity index is 374. The largest absolute Gasteiger partial charge is 0.324 e. The maximum atomic E-state index is 2.22. The molecule has 0 saturated carbocycles. The SMILES string of the molecule is CCc1cccc(-n2cccc2)c1. The zero-order chi connectivity index (χ0) is 9.10. The molecular formula is C12H13N. The molecule has 0 unspecified atom stereocenters. The highest BCUT2D eigenvalue weighted by Crippen LogP contribution is 2.10. The number of hydrogen-bond acceptors (Lipinski definition) is 0. The van der Waals surface area contributed by atoms with Gasteiger partial charge in [-0.3, -0.25) is 0 Å². The zero-order valence-electron chi connectivity index (χ0n) is 7.77. The minimum atomic E-state index is 1.09. The van der Waals surface area contributed by atoms with Crippen LogP contribution in [0.2, 0.25) is 0 Å². The molecule has 1 heterocycles. The van der Waals surface area contributed by atoms with Crippen molar-refractivity contribution in [3.63, 3.8) is 0 Å². The van der Waals surface area contributed by atoms with Crippen LogP contribution in [0.15, 0.2) is 48.8 Å². The summed E-state index contributed by atoms with van der Waals surface area (Å²) in [6, 6.07) is 12.7. The van der Waals surface area contributed by atoms with Crippen molar-refractivity contribution in [2.24, 2.45) is 0 Å². The van der Waals surface area contributed by atoms with E-state index >= 15 is 0 Å². The van der Waals surface area contributed by atoms with Crippen molar-refractivity contribution in [3.8, 4) is 5.69 Å². The van der Waals surface area contributed by atoms with Crippen LogP contribution < -0.4 is 0 Å². The van der Waals surface area contributed by atoms with Crippen LogP contribution in [0.25, 0.3) is 5.69 Å². The van der Waals surface area contributed by atoms with E-state index in [0.29, 0.717) is 0 Å². The van der Waals surface area contributed by atoms with E-state index in [4.69, 9.17) is 0 Å². The molecular weight excluding hydrogens is 158 g/mol. The molecule has 0 aliphatic heterocycles. The number of nitrogens with zero attached hydrogens (tertiary/aromatic N) is 1. The van der Waals surface area contributed by atoms with Crippen molar-refractivity contribution in [1.29, 1.82) is 0 Å². The molecule has 1 nitrogen and oxygen atoms in total. The Kier molecular flexibility index (Phi) is 2.17. The second-order valence-corrected chi connectivity index (χ2v) is 3.11. The minimum Gasteiger partial charge on any atom is -0.324 e. The molecule has 1 aromatic heterocycles. The maximum absolute atomic E-state index is 2.22. The summed E-state index contributed by atoms with van der Waals surface area (Å²) >= 11 is 0. The van der Waals surface area contributed by atoms with Crippen LogP contribution in [0.3, 0.4) is 0 Å². The van der Waals surface area contributed by atoms with E-state index in [0.717, 1.165) is 6.42 Å². The predicted octanol–water partition coefficient (Wildman–Crippen LogP) is 3.04. The third-order valence-electron chi connectivity index (χ3n) is 2.22. The number of rotatable bonds is 2. The highest BCUT2D eigenvalue weighted by Gasteiger charge is 1.94. The Balaban J connectivity index is 2.41. The summed E-state index contributed by atoms with van der Waals surface area (Å²) in [4.78, 5) is 0. The molecule has 1 heteroatoms. The Morgan fingerprint density at radius 1 is 1.08 bits per heavy atom. The van der Waals surface area contributed by atoms with Crippen LogP contribution in [0.4, 0.5) is 0 Å². The van der Waals surface area contributed by atoms with Gasteiger partial charge in [-0.25, -0.2) is 0 Å². The smallest absolute Gasteiger partial charge is 0.0452 e. The van der Waals surface area contributed by atoms with Gasteiger partial charge in [0.2, 0.25) is 0 Å². The average molecular weight is 171 g/mol. The standard InChI is InChI=1S/C12H13N/c1-2-11-6-5-7-12(10-11)13-8-3-4-9-13/h3-10H,2H2,1H3. The topological polar surface area (TPSA) is 4.93 Å². The molecule has 0 saturated heterocycles. The third-order valence-corrected chi connectivity index (χ3v) is 2.22. The van der Waals surface area contributed by atoms with E-state index in [2.05, 4.69) is 48.1 Å². The molecule has 66 valence electrons. The summed E-state index contributed by atoms with van der Waals surface area (Å²) in [6.45, 7) is 2.18. The van der Waals surface area contributed by atoms with Crippen molar-refractivity contribution in [3.05, 3.63) is 54.4 Å². The van der Waals surface area contributed by atoms with Gasteiger partial charge < -0.3 is 4.57 Å². The fourth-order valence-electron chi connectivity index (χ4n) is 1.44. The van der Waals surface area contributed by atoms with Crippen molar-refractivity contribution in [2.45, 2.75) is 13.3 Å². The molecule has 2 aromatic rings. The van der Waals surface area contributed by atoms with Gasteiger partial charge in [-0.1, -0.05) is 19.1 Å². The number of aromatic nitrogens is 1. The van der Waals surface area contributed by atoms with Gasteiger partial charge in [-0.2, -0.15) is 0 Å². The van der Waals surface area contributed by atoms with E-state index in [1.54, 1.807) is 0 Å². The van der Waals surface area contributed by atoms with Gasteiger partial charge >= 0.3 is 0 Å². The van der Waals surface area contributed by atoms with Gasteiger partial charge in [0.25, 0.3) is 0 Å². The molecule has 0 radical (unpaired) electrons. The second kappa shape index (κ2) is 3.48. The Hall–Kier alpha value is -1.50.